The molecule has 1 amide bonds. The molecule has 7 nitrogen and oxygen atoms in total. The van der Waals surface area contributed by atoms with E-state index >= 15 is 0 Å². The van der Waals surface area contributed by atoms with Gasteiger partial charge in [-0.05, 0) is 73.0 Å². The van der Waals surface area contributed by atoms with Crippen molar-refractivity contribution in [3.63, 3.8) is 0 Å². The predicted octanol–water partition coefficient (Wildman–Crippen LogP) is 7.08. The highest BCUT2D eigenvalue weighted by Crippen LogP contribution is 2.45. The molecular formula is C31H27ClN2O5S. The lowest BCUT2D eigenvalue weighted by Crippen LogP contribution is -2.29. The fourth-order valence-corrected chi connectivity index (χ4v) is 6.41. The Balaban J connectivity index is 1.47. The maximum absolute atomic E-state index is 13.6. The summed E-state index contributed by atoms with van der Waals surface area (Å²) in [4.78, 5) is 33.2. The smallest absolute Gasteiger partial charge is 0.301 e. The Morgan fingerprint density at radius 2 is 1.95 bits per heavy atom. The first-order chi connectivity index (χ1) is 19.3. The van der Waals surface area contributed by atoms with Gasteiger partial charge in [-0.15, -0.1) is 0 Å². The Bertz CT molecular complexity index is 1660. The van der Waals surface area contributed by atoms with Crippen molar-refractivity contribution in [3.05, 3.63) is 87.9 Å². The molecule has 9 heteroatoms. The summed E-state index contributed by atoms with van der Waals surface area (Å²) < 4.78 is 12.4. The van der Waals surface area contributed by atoms with E-state index in [-0.39, 0.29) is 17.4 Å². The van der Waals surface area contributed by atoms with Crippen molar-refractivity contribution in [2.24, 2.45) is 0 Å². The van der Waals surface area contributed by atoms with Crippen molar-refractivity contribution >= 4 is 55.7 Å². The highest BCUT2D eigenvalue weighted by atomic mass is 35.5. The number of aromatic nitrogens is 1. The number of rotatable bonds is 7. The summed E-state index contributed by atoms with van der Waals surface area (Å²) in [6.07, 6.45) is 2.69. The first-order valence-electron chi connectivity index (χ1n) is 13.2. The van der Waals surface area contributed by atoms with Crippen molar-refractivity contribution in [1.82, 2.24) is 4.98 Å². The van der Waals surface area contributed by atoms with E-state index in [0.29, 0.717) is 45.6 Å². The lowest BCUT2D eigenvalue weighted by Gasteiger charge is -2.23. The van der Waals surface area contributed by atoms with Crippen LogP contribution in [0.1, 0.15) is 49.4 Å². The summed E-state index contributed by atoms with van der Waals surface area (Å²) in [6, 6.07) is 17.0. The van der Waals surface area contributed by atoms with Crippen LogP contribution in [0.3, 0.4) is 0 Å². The Morgan fingerprint density at radius 3 is 2.73 bits per heavy atom. The Hall–Kier alpha value is -3.88. The lowest BCUT2D eigenvalue weighted by molar-refractivity contribution is -0.132. The summed E-state index contributed by atoms with van der Waals surface area (Å²) in [7, 11) is 0. The zero-order valence-corrected chi connectivity index (χ0v) is 23.6. The van der Waals surface area contributed by atoms with Crippen LogP contribution in [-0.2, 0) is 16.0 Å². The van der Waals surface area contributed by atoms with Crippen LogP contribution in [0.5, 0.6) is 11.5 Å². The fraction of sp³-hybridized carbons (Fsp3) is 0.258. The normalized spacial score (nSPS) is 19.7. The standard InChI is InChI=1S/C31H27ClN2O5S/c1-3-4-13-38-22-9-5-18(6-10-22)27-26(28(35)19-7-12-24-20(15-19)14-17(2)39-24)29(36)30(37)34(27)31-33-23-11-8-21(32)16-25(23)40-31/h5-12,15-17,27,35H,3-4,13-14H2,1-2H3/b28-26+/t17-,27-/m1/s1. The average Bonchev–Trinajstić information content (AvgIpc) is 3.60. The van der Waals surface area contributed by atoms with Gasteiger partial charge in [0.25, 0.3) is 5.78 Å². The van der Waals surface area contributed by atoms with E-state index in [1.54, 1.807) is 30.3 Å². The van der Waals surface area contributed by atoms with E-state index in [1.165, 1.54) is 16.2 Å². The van der Waals surface area contributed by atoms with Crippen LogP contribution in [0.2, 0.25) is 5.02 Å². The monoisotopic (exact) mass is 574 g/mol. The first kappa shape index (κ1) is 26.3. The van der Waals surface area contributed by atoms with Gasteiger partial charge in [0.05, 0.1) is 28.4 Å². The van der Waals surface area contributed by atoms with E-state index in [0.717, 1.165) is 28.9 Å². The third-order valence-electron chi connectivity index (χ3n) is 7.12. The van der Waals surface area contributed by atoms with Gasteiger partial charge in [0.15, 0.2) is 5.13 Å². The summed E-state index contributed by atoms with van der Waals surface area (Å²) in [5.74, 6) is -0.309. The average molecular weight is 575 g/mol. The lowest BCUT2D eigenvalue weighted by atomic mass is 9.94. The van der Waals surface area contributed by atoms with Gasteiger partial charge in [-0.1, -0.05) is 48.4 Å². The molecule has 1 saturated heterocycles. The molecule has 0 bridgehead atoms. The molecule has 0 unspecified atom stereocenters. The van der Waals surface area contributed by atoms with Crippen LogP contribution < -0.4 is 14.4 Å². The Kier molecular flexibility index (Phi) is 6.98. The molecule has 0 radical (unpaired) electrons. The molecule has 204 valence electrons. The molecule has 2 atom stereocenters. The minimum absolute atomic E-state index is 0.00820. The number of carbonyl (C=O) groups excluding carboxylic acids is 2. The van der Waals surface area contributed by atoms with Gasteiger partial charge in [0.1, 0.15) is 23.4 Å². The molecule has 1 fully saturated rings. The predicted molar refractivity (Wildman–Crippen MR) is 156 cm³/mol. The molecule has 1 N–H and O–H groups in total. The van der Waals surface area contributed by atoms with E-state index in [9.17, 15) is 14.7 Å². The second kappa shape index (κ2) is 10.6. The number of hydrogen-bond acceptors (Lipinski definition) is 7. The second-order valence-corrected chi connectivity index (χ2v) is 11.4. The number of halogens is 1. The highest BCUT2D eigenvalue weighted by Gasteiger charge is 2.48. The maximum atomic E-state index is 13.6. The quantitative estimate of drug-likeness (QED) is 0.110. The van der Waals surface area contributed by atoms with E-state index in [4.69, 9.17) is 21.1 Å². The minimum Gasteiger partial charge on any atom is -0.507 e. The summed E-state index contributed by atoms with van der Waals surface area (Å²) in [6.45, 7) is 4.68. The molecule has 2 aliphatic rings. The van der Waals surface area contributed by atoms with Crippen molar-refractivity contribution in [1.29, 1.82) is 0 Å². The molecule has 3 aromatic carbocycles. The molecular weight excluding hydrogens is 548 g/mol. The number of Topliss-reactive ketones (excluding diaryl/α,β-unsaturated/α-hetero) is 1. The van der Waals surface area contributed by atoms with Crippen molar-refractivity contribution in [2.45, 2.75) is 45.3 Å². The zero-order chi connectivity index (χ0) is 28.0. The van der Waals surface area contributed by atoms with Gasteiger partial charge in [-0.3, -0.25) is 14.5 Å². The summed E-state index contributed by atoms with van der Waals surface area (Å²) in [5, 5.41) is 12.5. The number of unbranched alkanes of at least 4 members (excludes halogenated alkanes) is 1. The van der Waals surface area contributed by atoms with Crippen LogP contribution in [0, 0.1) is 0 Å². The summed E-state index contributed by atoms with van der Waals surface area (Å²) in [5.41, 5.74) is 2.72. The first-order valence-corrected chi connectivity index (χ1v) is 14.4. The molecule has 0 aliphatic carbocycles. The molecule has 40 heavy (non-hydrogen) atoms. The van der Waals surface area contributed by atoms with Crippen LogP contribution in [0.15, 0.2) is 66.2 Å². The van der Waals surface area contributed by atoms with Crippen molar-refractivity contribution in [3.8, 4) is 11.5 Å². The topological polar surface area (TPSA) is 89.0 Å². The molecule has 0 spiro atoms. The van der Waals surface area contributed by atoms with Crippen LogP contribution in [-0.4, -0.2) is 34.5 Å². The van der Waals surface area contributed by atoms with Gasteiger partial charge >= 0.3 is 5.91 Å². The molecule has 3 heterocycles. The largest absolute Gasteiger partial charge is 0.507 e. The van der Waals surface area contributed by atoms with E-state index in [2.05, 4.69) is 11.9 Å². The Labute approximate surface area is 240 Å². The van der Waals surface area contributed by atoms with Crippen LogP contribution in [0.4, 0.5) is 5.13 Å². The van der Waals surface area contributed by atoms with Gasteiger partial charge in [-0.2, -0.15) is 0 Å². The highest BCUT2D eigenvalue weighted by molar-refractivity contribution is 7.22. The number of hydrogen-bond donors (Lipinski definition) is 1. The van der Waals surface area contributed by atoms with Crippen molar-refractivity contribution < 1.29 is 24.2 Å². The number of fused-ring (bicyclic) bond motifs is 2. The molecule has 4 aromatic rings. The number of benzene rings is 3. The molecule has 0 saturated carbocycles. The Morgan fingerprint density at radius 1 is 1.15 bits per heavy atom. The fourth-order valence-electron chi connectivity index (χ4n) is 5.14. The minimum atomic E-state index is -0.885. The number of nitrogens with zero attached hydrogens (tertiary/aromatic N) is 2. The van der Waals surface area contributed by atoms with E-state index in [1.807, 2.05) is 37.3 Å². The van der Waals surface area contributed by atoms with Crippen LogP contribution in [0.25, 0.3) is 16.0 Å². The van der Waals surface area contributed by atoms with Gasteiger partial charge < -0.3 is 14.6 Å². The number of amides is 1. The van der Waals surface area contributed by atoms with Crippen molar-refractivity contribution in [2.75, 3.05) is 11.5 Å². The van der Waals surface area contributed by atoms with Crippen LogP contribution >= 0.6 is 22.9 Å². The molecule has 2 aliphatic heterocycles. The number of anilines is 1. The maximum Gasteiger partial charge on any atom is 0.301 e. The number of thiazole rings is 1. The number of aliphatic hydroxyl groups excluding tert-OH is 1. The number of carbonyl (C=O) groups is 2. The second-order valence-electron chi connectivity index (χ2n) is 10.0. The number of aliphatic hydroxyl groups is 1. The summed E-state index contributed by atoms with van der Waals surface area (Å²) >= 11 is 7.46. The zero-order valence-electron chi connectivity index (χ0n) is 22.0. The SMILES string of the molecule is CCCCOc1ccc([C@@H]2/C(=C(\O)c3ccc4c(c3)C[C@@H](C)O4)C(=O)C(=O)N2c2nc3ccc(Cl)cc3s2)cc1. The number of ether oxygens (including phenoxy) is 2. The molecule has 1 aromatic heterocycles. The van der Waals surface area contributed by atoms with Gasteiger partial charge in [-0.25, -0.2) is 4.98 Å². The third kappa shape index (κ3) is 4.71. The molecule has 6 rings (SSSR count). The third-order valence-corrected chi connectivity index (χ3v) is 8.37. The van der Waals surface area contributed by atoms with E-state index < -0.39 is 17.7 Å². The van der Waals surface area contributed by atoms with Gasteiger partial charge in [0.2, 0.25) is 0 Å². The van der Waals surface area contributed by atoms with Gasteiger partial charge in [0, 0.05) is 17.0 Å². The number of ketones is 1.